The zero-order valence-electron chi connectivity index (χ0n) is 12.0. The zero-order valence-corrected chi connectivity index (χ0v) is 13.7. The third-order valence-corrected chi connectivity index (χ3v) is 5.92. The minimum atomic E-state index is -4.02. The molecule has 23 heavy (non-hydrogen) atoms. The van der Waals surface area contributed by atoms with Crippen LogP contribution in [0.3, 0.4) is 0 Å². The van der Waals surface area contributed by atoms with Crippen LogP contribution in [0, 0.1) is 0 Å². The minimum absolute atomic E-state index is 0.0225. The van der Waals surface area contributed by atoms with E-state index >= 15 is 0 Å². The molecule has 1 heterocycles. The summed E-state index contributed by atoms with van der Waals surface area (Å²) >= 11 is 0.954. The Bertz CT molecular complexity index is 755. The van der Waals surface area contributed by atoms with E-state index in [1.807, 2.05) is 4.72 Å². The van der Waals surface area contributed by atoms with Gasteiger partial charge in [-0.05, 0) is 29.1 Å². The molecule has 0 amide bonds. The highest BCUT2D eigenvalue weighted by Gasteiger charge is 2.33. The molecule has 2 atom stereocenters. The molecule has 0 saturated carbocycles. The number of carboxylic acids is 1. The van der Waals surface area contributed by atoms with Gasteiger partial charge < -0.3 is 14.9 Å². The quantitative estimate of drug-likeness (QED) is 0.687. The number of aliphatic hydroxyl groups is 1. The Morgan fingerprint density at radius 2 is 1.91 bits per heavy atom. The summed E-state index contributed by atoms with van der Waals surface area (Å²) in [7, 11) is -2.55. The van der Waals surface area contributed by atoms with Gasteiger partial charge in [-0.3, -0.25) is 4.79 Å². The minimum Gasteiger partial charge on any atom is -0.497 e. The predicted octanol–water partition coefficient (Wildman–Crippen LogP) is 1.22. The Kier molecular flexibility index (Phi) is 5.37. The van der Waals surface area contributed by atoms with E-state index in [0.29, 0.717) is 5.75 Å². The summed E-state index contributed by atoms with van der Waals surface area (Å²) in [6.45, 7) is 0. The van der Waals surface area contributed by atoms with Crippen molar-refractivity contribution in [3.05, 3.63) is 47.3 Å². The second-order valence-electron chi connectivity index (χ2n) is 4.59. The van der Waals surface area contributed by atoms with E-state index in [1.165, 1.54) is 31.4 Å². The third kappa shape index (κ3) is 4.08. The fourth-order valence-electron chi connectivity index (χ4n) is 1.89. The van der Waals surface area contributed by atoms with Crippen molar-refractivity contribution in [1.82, 2.24) is 4.72 Å². The summed E-state index contributed by atoms with van der Waals surface area (Å²) in [6.07, 6.45) is -1.55. The molecule has 3 N–H and O–H groups in total. The highest BCUT2D eigenvalue weighted by Crippen LogP contribution is 2.23. The first-order valence-electron chi connectivity index (χ1n) is 6.46. The first kappa shape index (κ1) is 17.4. The molecule has 0 aliphatic heterocycles. The molecule has 2 rings (SSSR count). The van der Waals surface area contributed by atoms with Crippen LogP contribution >= 0.6 is 11.3 Å². The maximum atomic E-state index is 12.1. The number of carboxylic acid groups (broad SMARTS) is 1. The topological polar surface area (TPSA) is 113 Å². The van der Waals surface area contributed by atoms with Crippen LogP contribution < -0.4 is 9.46 Å². The van der Waals surface area contributed by atoms with E-state index in [9.17, 15) is 23.4 Å². The fraction of sp³-hybridized carbons (Fsp3) is 0.214. The maximum absolute atomic E-state index is 12.1. The summed E-state index contributed by atoms with van der Waals surface area (Å²) in [5.41, 5.74) is 0.257. The second kappa shape index (κ2) is 7.09. The lowest BCUT2D eigenvalue weighted by atomic mass is 10.0. The smallest absolute Gasteiger partial charge is 0.324 e. The normalized spacial score (nSPS) is 14.2. The van der Waals surface area contributed by atoms with Crippen molar-refractivity contribution in [2.45, 2.75) is 16.4 Å². The number of methoxy groups -OCH3 is 1. The molecular formula is C14H15NO6S2. The standard InChI is InChI=1S/C14H15NO6S2/c1-21-10-6-4-9(5-7-10)13(16)12(14(17)18)15-23(19,20)11-3-2-8-22-11/h2-8,12-13,15-16H,1H3,(H,17,18). The van der Waals surface area contributed by atoms with Crippen LogP contribution in [0.5, 0.6) is 5.75 Å². The molecular weight excluding hydrogens is 342 g/mol. The average molecular weight is 357 g/mol. The van der Waals surface area contributed by atoms with Crippen LogP contribution in [0.25, 0.3) is 0 Å². The van der Waals surface area contributed by atoms with Crippen LogP contribution in [-0.4, -0.2) is 37.8 Å². The van der Waals surface area contributed by atoms with Crippen LogP contribution in [0.1, 0.15) is 11.7 Å². The Hall–Kier alpha value is -1.94. The molecule has 0 radical (unpaired) electrons. The number of rotatable bonds is 7. The van der Waals surface area contributed by atoms with E-state index < -0.39 is 28.1 Å². The lowest BCUT2D eigenvalue weighted by molar-refractivity contribution is -0.141. The molecule has 0 aliphatic rings. The van der Waals surface area contributed by atoms with E-state index in [0.717, 1.165) is 11.3 Å². The van der Waals surface area contributed by atoms with Gasteiger partial charge in [-0.1, -0.05) is 18.2 Å². The number of benzene rings is 1. The van der Waals surface area contributed by atoms with Crippen molar-refractivity contribution < 1.29 is 28.2 Å². The van der Waals surface area contributed by atoms with Crippen molar-refractivity contribution in [2.24, 2.45) is 0 Å². The van der Waals surface area contributed by atoms with Crippen LogP contribution in [0.4, 0.5) is 0 Å². The molecule has 1 aromatic carbocycles. The SMILES string of the molecule is COc1ccc(C(O)C(NS(=O)(=O)c2cccs2)C(=O)O)cc1. The van der Waals surface area contributed by atoms with Crippen LogP contribution in [0.2, 0.25) is 0 Å². The van der Waals surface area contributed by atoms with Gasteiger partial charge in [0.25, 0.3) is 10.0 Å². The number of sulfonamides is 1. The van der Waals surface area contributed by atoms with Crippen molar-refractivity contribution in [3.8, 4) is 5.75 Å². The molecule has 9 heteroatoms. The average Bonchev–Trinajstić information content (AvgIpc) is 3.07. The van der Waals surface area contributed by atoms with Gasteiger partial charge in [0.2, 0.25) is 0 Å². The van der Waals surface area contributed by atoms with E-state index in [-0.39, 0.29) is 9.77 Å². The molecule has 2 aromatic rings. The summed E-state index contributed by atoms with van der Waals surface area (Å²) in [5.74, 6) is -0.944. The predicted molar refractivity (Wildman–Crippen MR) is 84.0 cm³/mol. The number of ether oxygens (including phenoxy) is 1. The Labute approximate surface area is 137 Å². The van der Waals surface area contributed by atoms with Gasteiger partial charge in [0, 0.05) is 0 Å². The molecule has 0 fully saturated rings. The van der Waals surface area contributed by atoms with Gasteiger partial charge in [0.1, 0.15) is 22.1 Å². The highest BCUT2D eigenvalue weighted by atomic mass is 32.2. The first-order valence-corrected chi connectivity index (χ1v) is 8.82. The Balaban J connectivity index is 2.25. The second-order valence-corrected chi connectivity index (χ2v) is 7.48. The highest BCUT2D eigenvalue weighted by molar-refractivity contribution is 7.91. The molecule has 0 aliphatic carbocycles. The van der Waals surface area contributed by atoms with E-state index in [2.05, 4.69) is 0 Å². The van der Waals surface area contributed by atoms with Gasteiger partial charge in [-0.15, -0.1) is 11.3 Å². The molecule has 0 bridgehead atoms. The number of thiophene rings is 1. The van der Waals surface area contributed by atoms with Crippen LogP contribution in [0.15, 0.2) is 46.0 Å². The number of hydrogen-bond donors (Lipinski definition) is 3. The first-order chi connectivity index (χ1) is 10.8. The maximum Gasteiger partial charge on any atom is 0.324 e. The van der Waals surface area contributed by atoms with Crippen LogP contribution in [-0.2, 0) is 14.8 Å². The fourth-order valence-corrected chi connectivity index (χ4v) is 4.09. The van der Waals surface area contributed by atoms with Gasteiger partial charge in [0.05, 0.1) is 7.11 Å². The Morgan fingerprint density at radius 3 is 2.39 bits per heavy atom. The largest absolute Gasteiger partial charge is 0.497 e. The molecule has 2 unspecified atom stereocenters. The van der Waals surface area contributed by atoms with E-state index in [1.54, 1.807) is 17.5 Å². The summed E-state index contributed by atoms with van der Waals surface area (Å²) in [6, 6.07) is 7.21. The summed E-state index contributed by atoms with van der Waals surface area (Å²) in [5, 5.41) is 21.0. The number of nitrogens with one attached hydrogen (secondary N) is 1. The van der Waals surface area contributed by atoms with E-state index in [4.69, 9.17) is 4.74 Å². The summed E-state index contributed by atoms with van der Waals surface area (Å²) in [4.78, 5) is 11.4. The van der Waals surface area contributed by atoms with Gasteiger partial charge >= 0.3 is 5.97 Å². The number of hydrogen-bond acceptors (Lipinski definition) is 6. The van der Waals surface area contributed by atoms with Gasteiger partial charge in [0.15, 0.2) is 0 Å². The molecule has 7 nitrogen and oxygen atoms in total. The van der Waals surface area contributed by atoms with Crippen molar-refractivity contribution >= 4 is 27.3 Å². The van der Waals surface area contributed by atoms with Crippen molar-refractivity contribution in [2.75, 3.05) is 7.11 Å². The number of aliphatic hydroxyl groups excluding tert-OH is 1. The number of carbonyl (C=O) groups is 1. The van der Waals surface area contributed by atoms with Gasteiger partial charge in [-0.2, -0.15) is 4.72 Å². The molecule has 124 valence electrons. The summed E-state index contributed by atoms with van der Waals surface area (Å²) < 4.78 is 31.3. The van der Waals surface area contributed by atoms with Crippen molar-refractivity contribution in [1.29, 1.82) is 0 Å². The third-order valence-electron chi connectivity index (χ3n) is 3.08. The van der Waals surface area contributed by atoms with Crippen molar-refractivity contribution in [3.63, 3.8) is 0 Å². The van der Waals surface area contributed by atoms with Gasteiger partial charge in [-0.25, -0.2) is 8.42 Å². The Morgan fingerprint density at radius 1 is 1.26 bits per heavy atom. The molecule has 0 saturated heterocycles. The lowest BCUT2D eigenvalue weighted by Crippen LogP contribution is -2.44. The monoisotopic (exact) mass is 357 g/mol. The lowest BCUT2D eigenvalue weighted by Gasteiger charge is -2.20. The molecule has 1 aromatic heterocycles. The molecule has 0 spiro atoms. The zero-order chi connectivity index (χ0) is 17.0. The number of aliphatic carboxylic acids is 1.